The number of aryl methyl sites for hydroxylation is 2. The molecule has 26 heavy (non-hydrogen) atoms. The van der Waals surface area contributed by atoms with E-state index in [0.717, 1.165) is 11.3 Å². The lowest BCUT2D eigenvalue weighted by atomic mass is 10.1. The number of nitrogens with zero attached hydrogens (tertiary/aromatic N) is 2. The molecular formula is C17H22N4O4S. The zero-order chi connectivity index (χ0) is 19.4. The molecular weight excluding hydrogens is 356 g/mol. The first-order valence-corrected chi connectivity index (χ1v) is 9.07. The highest BCUT2D eigenvalue weighted by Gasteiger charge is 2.26. The Labute approximate surface area is 155 Å². The number of esters is 1. The Morgan fingerprint density at radius 3 is 2.54 bits per heavy atom. The molecule has 0 spiro atoms. The van der Waals surface area contributed by atoms with E-state index in [1.807, 2.05) is 13.8 Å². The van der Waals surface area contributed by atoms with Gasteiger partial charge in [-0.05, 0) is 32.8 Å². The van der Waals surface area contributed by atoms with Gasteiger partial charge in [-0.25, -0.2) is 4.79 Å². The van der Waals surface area contributed by atoms with Crippen LogP contribution in [0, 0.1) is 13.8 Å². The van der Waals surface area contributed by atoms with Crippen molar-refractivity contribution >= 4 is 34.1 Å². The van der Waals surface area contributed by atoms with Gasteiger partial charge in [0.1, 0.15) is 5.00 Å². The number of hydrogen-bond donors (Lipinski definition) is 2. The smallest absolute Gasteiger partial charge is 0.341 e. The van der Waals surface area contributed by atoms with Crippen LogP contribution in [0.1, 0.15) is 61.9 Å². The molecule has 0 unspecified atom stereocenters. The summed E-state index contributed by atoms with van der Waals surface area (Å²) in [5.41, 5.74) is 6.91. The van der Waals surface area contributed by atoms with E-state index < -0.39 is 17.8 Å². The fourth-order valence-corrected chi connectivity index (χ4v) is 3.46. The number of carbonyl (C=O) groups is 3. The fraction of sp³-hybridized carbons (Fsp3) is 0.412. The molecule has 3 N–H and O–H groups in total. The molecule has 0 aliphatic carbocycles. The molecule has 0 atom stereocenters. The van der Waals surface area contributed by atoms with Gasteiger partial charge in [0.2, 0.25) is 0 Å². The van der Waals surface area contributed by atoms with Crippen LogP contribution in [0.5, 0.6) is 0 Å². The van der Waals surface area contributed by atoms with E-state index in [0.29, 0.717) is 29.8 Å². The van der Waals surface area contributed by atoms with E-state index in [2.05, 4.69) is 10.4 Å². The fourth-order valence-electron chi connectivity index (χ4n) is 2.42. The lowest BCUT2D eigenvalue weighted by molar-refractivity contribution is 0.0506. The van der Waals surface area contributed by atoms with Crippen LogP contribution in [-0.4, -0.2) is 34.2 Å². The average molecular weight is 378 g/mol. The predicted molar refractivity (Wildman–Crippen MR) is 98.7 cm³/mol. The van der Waals surface area contributed by atoms with E-state index in [-0.39, 0.29) is 22.0 Å². The molecule has 9 heteroatoms. The van der Waals surface area contributed by atoms with Crippen LogP contribution in [0.25, 0.3) is 0 Å². The van der Waals surface area contributed by atoms with Crippen molar-refractivity contribution in [1.82, 2.24) is 9.78 Å². The van der Waals surface area contributed by atoms with Gasteiger partial charge in [-0.3, -0.25) is 14.3 Å². The summed E-state index contributed by atoms with van der Waals surface area (Å²) in [5, 5.41) is 7.17. The van der Waals surface area contributed by atoms with Gasteiger partial charge in [0.25, 0.3) is 11.8 Å². The number of amides is 2. The summed E-state index contributed by atoms with van der Waals surface area (Å²) in [6.07, 6.45) is 2.30. The number of ether oxygens (including phenoxy) is 1. The molecule has 2 amide bonds. The third kappa shape index (κ3) is 3.93. The number of aromatic nitrogens is 2. The minimum Gasteiger partial charge on any atom is -0.462 e. The molecule has 0 radical (unpaired) electrons. The van der Waals surface area contributed by atoms with E-state index in [1.54, 1.807) is 24.7 Å². The molecule has 0 bridgehead atoms. The minimum atomic E-state index is -0.660. The van der Waals surface area contributed by atoms with Gasteiger partial charge >= 0.3 is 5.97 Å². The second-order valence-corrected chi connectivity index (χ2v) is 6.72. The van der Waals surface area contributed by atoms with Crippen molar-refractivity contribution in [2.24, 2.45) is 5.73 Å². The van der Waals surface area contributed by atoms with Crippen molar-refractivity contribution in [2.75, 3.05) is 11.9 Å². The summed E-state index contributed by atoms with van der Waals surface area (Å²) < 4.78 is 6.82. The molecule has 2 aromatic rings. The average Bonchev–Trinajstić information content (AvgIpc) is 3.12. The summed E-state index contributed by atoms with van der Waals surface area (Å²) in [7, 11) is 0. The van der Waals surface area contributed by atoms with Gasteiger partial charge in [0, 0.05) is 12.7 Å². The Morgan fingerprint density at radius 1 is 1.31 bits per heavy atom. The molecule has 2 rings (SSSR count). The molecule has 0 saturated carbocycles. The number of rotatable bonds is 7. The molecule has 2 heterocycles. The maximum Gasteiger partial charge on any atom is 0.341 e. The van der Waals surface area contributed by atoms with Gasteiger partial charge in [-0.2, -0.15) is 5.10 Å². The van der Waals surface area contributed by atoms with Crippen LogP contribution in [0.4, 0.5) is 5.00 Å². The number of hydrogen-bond acceptors (Lipinski definition) is 6. The van der Waals surface area contributed by atoms with Crippen LogP contribution in [0.2, 0.25) is 0 Å². The lowest BCUT2D eigenvalue weighted by Crippen LogP contribution is -2.15. The topological polar surface area (TPSA) is 116 Å². The monoisotopic (exact) mass is 378 g/mol. The van der Waals surface area contributed by atoms with Crippen LogP contribution in [-0.2, 0) is 11.3 Å². The maximum absolute atomic E-state index is 12.6. The van der Waals surface area contributed by atoms with E-state index in [9.17, 15) is 14.4 Å². The predicted octanol–water partition coefficient (Wildman–Crippen LogP) is 2.50. The highest BCUT2D eigenvalue weighted by molar-refractivity contribution is 7.18. The number of nitrogens with two attached hydrogens (primary N) is 1. The standard InChI is InChI=1S/C17H22N4O4S/c1-5-7-25-17(24)12-9(3)13(14(18)22)26-16(12)19-15(23)11-8-21(6-2)20-10(11)4/h8H,5-7H2,1-4H3,(H2,18,22)(H,19,23). The highest BCUT2D eigenvalue weighted by atomic mass is 32.1. The number of carbonyl (C=O) groups excluding carboxylic acids is 3. The normalized spacial score (nSPS) is 10.6. The summed E-state index contributed by atoms with van der Waals surface area (Å²) in [6.45, 7) is 8.00. The van der Waals surface area contributed by atoms with Gasteiger partial charge in [-0.1, -0.05) is 6.92 Å². The van der Waals surface area contributed by atoms with E-state index >= 15 is 0 Å². The molecule has 0 aliphatic rings. The number of nitrogens with one attached hydrogen (secondary N) is 1. The van der Waals surface area contributed by atoms with Crippen molar-refractivity contribution in [2.45, 2.75) is 40.7 Å². The van der Waals surface area contributed by atoms with E-state index in [1.165, 1.54) is 0 Å². The lowest BCUT2D eigenvalue weighted by Gasteiger charge is -2.07. The van der Waals surface area contributed by atoms with Crippen LogP contribution >= 0.6 is 11.3 Å². The Bertz CT molecular complexity index is 853. The van der Waals surface area contributed by atoms with Gasteiger partial charge in [0.05, 0.1) is 28.3 Å². The number of anilines is 1. The molecule has 140 valence electrons. The summed E-state index contributed by atoms with van der Waals surface area (Å²) in [5.74, 6) is -1.67. The molecule has 0 aromatic carbocycles. The first-order chi connectivity index (χ1) is 12.3. The summed E-state index contributed by atoms with van der Waals surface area (Å²) >= 11 is 0.963. The SMILES string of the molecule is CCCOC(=O)c1c(NC(=O)c2cn(CC)nc2C)sc(C(N)=O)c1C. The zero-order valence-electron chi connectivity index (χ0n) is 15.2. The van der Waals surface area contributed by atoms with Gasteiger partial charge < -0.3 is 15.8 Å². The van der Waals surface area contributed by atoms with Crippen LogP contribution in [0.15, 0.2) is 6.20 Å². The third-order valence-electron chi connectivity index (χ3n) is 3.75. The Hall–Kier alpha value is -2.68. The summed E-state index contributed by atoms with van der Waals surface area (Å²) in [4.78, 5) is 36.8. The minimum absolute atomic E-state index is 0.158. The summed E-state index contributed by atoms with van der Waals surface area (Å²) in [6, 6.07) is 0. The Kier molecular flexibility index (Phi) is 6.14. The van der Waals surface area contributed by atoms with Crippen molar-refractivity contribution < 1.29 is 19.1 Å². The molecule has 0 fully saturated rings. The molecule has 0 saturated heterocycles. The van der Waals surface area contributed by atoms with E-state index in [4.69, 9.17) is 10.5 Å². The first kappa shape index (κ1) is 19.6. The number of thiophene rings is 1. The second-order valence-electron chi connectivity index (χ2n) is 5.70. The van der Waals surface area contributed by atoms with Crippen LogP contribution < -0.4 is 11.1 Å². The highest BCUT2D eigenvalue weighted by Crippen LogP contribution is 2.34. The first-order valence-electron chi connectivity index (χ1n) is 8.25. The number of primary amides is 1. The Morgan fingerprint density at radius 2 is 2.00 bits per heavy atom. The van der Waals surface area contributed by atoms with Crippen LogP contribution in [0.3, 0.4) is 0 Å². The van der Waals surface area contributed by atoms with Crippen molar-refractivity contribution in [3.63, 3.8) is 0 Å². The van der Waals surface area contributed by atoms with Crippen molar-refractivity contribution in [1.29, 1.82) is 0 Å². The quantitative estimate of drug-likeness (QED) is 0.718. The largest absolute Gasteiger partial charge is 0.462 e. The van der Waals surface area contributed by atoms with Crippen molar-refractivity contribution in [3.05, 3.63) is 33.5 Å². The zero-order valence-corrected chi connectivity index (χ0v) is 16.0. The molecule has 8 nitrogen and oxygen atoms in total. The maximum atomic E-state index is 12.6. The Balaban J connectivity index is 2.39. The van der Waals surface area contributed by atoms with Crippen molar-refractivity contribution in [3.8, 4) is 0 Å². The third-order valence-corrected chi connectivity index (χ3v) is 4.98. The van der Waals surface area contributed by atoms with Gasteiger partial charge in [-0.15, -0.1) is 11.3 Å². The molecule has 0 aliphatic heterocycles. The second kappa shape index (κ2) is 8.13. The van der Waals surface area contributed by atoms with Gasteiger partial charge in [0.15, 0.2) is 0 Å². The molecule has 2 aromatic heterocycles.